The van der Waals surface area contributed by atoms with Gasteiger partial charge in [0.15, 0.2) is 5.82 Å². The fraction of sp³-hybridized carbons (Fsp3) is 0.143. The number of ether oxygens (including phenoxy) is 1. The Balaban J connectivity index is 3.21. The SMILES string of the molecule is COc1cc(F)c(N)c(Br)c1. The molecule has 2 N–H and O–H groups in total. The predicted octanol–water partition coefficient (Wildman–Crippen LogP) is 2.18. The minimum Gasteiger partial charge on any atom is -0.497 e. The van der Waals surface area contributed by atoms with Crippen LogP contribution in [0.1, 0.15) is 0 Å². The van der Waals surface area contributed by atoms with Gasteiger partial charge in [0, 0.05) is 10.5 Å². The number of rotatable bonds is 1. The molecule has 0 unspecified atom stereocenters. The molecule has 0 aliphatic heterocycles. The van der Waals surface area contributed by atoms with E-state index >= 15 is 0 Å². The second-order valence-electron chi connectivity index (χ2n) is 2.00. The number of nitrogen functional groups attached to an aromatic ring is 1. The van der Waals surface area contributed by atoms with Gasteiger partial charge >= 0.3 is 0 Å². The van der Waals surface area contributed by atoms with E-state index in [1.54, 1.807) is 6.07 Å². The summed E-state index contributed by atoms with van der Waals surface area (Å²) in [6.07, 6.45) is 0. The molecule has 4 heteroatoms. The monoisotopic (exact) mass is 219 g/mol. The summed E-state index contributed by atoms with van der Waals surface area (Å²) in [5.74, 6) is -0.0280. The van der Waals surface area contributed by atoms with E-state index in [1.807, 2.05) is 0 Å². The highest BCUT2D eigenvalue weighted by atomic mass is 79.9. The normalized spacial score (nSPS) is 9.73. The summed E-state index contributed by atoms with van der Waals surface area (Å²) in [7, 11) is 1.47. The van der Waals surface area contributed by atoms with Gasteiger partial charge in [-0.25, -0.2) is 4.39 Å². The Morgan fingerprint density at radius 3 is 2.64 bits per heavy atom. The van der Waals surface area contributed by atoms with Gasteiger partial charge in [-0.1, -0.05) is 0 Å². The highest BCUT2D eigenvalue weighted by Gasteiger charge is 2.04. The Labute approximate surface area is 72.3 Å². The van der Waals surface area contributed by atoms with Crippen LogP contribution < -0.4 is 10.5 Å². The van der Waals surface area contributed by atoms with Crippen molar-refractivity contribution in [3.8, 4) is 5.75 Å². The van der Waals surface area contributed by atoms with E-state index in [2.05, 4.69) is 15.9 Å². The van der Waals surface area contributed by atoms with E-state index in [1.165, 1.54) is 13.2 Å². The summed E-state index contributed by atoms with van der Waals surface area (Å²) >= 11 is 3.09. The van der Waals surface area contributed by atoms with Gasteiger partial charge in [0.2, 0.25) is 0 Å². The zero-order chi connectivity index (χ0) is 8.43. The molecule has 0 aliphatic carbocycles. The summed E-state index contributed by atoms with van der Waals surface area (Å²) in [6, 6.07) is 2.85. The fourth-order valence-electron chi connectivity index (χ4n) is 0.679. The third-order valence-corrected chi connectivity index (χ3v) is 1.94. The van der Waals surface area contributed by atoms with Gasteiger partial charge in [0.25, 0.3) is 0 Å². The molecule has 1 aromatic carbocycles. The third-order valence-electron chi connectivity index (χ3n) is 1.29. The van der Waals surface area contributed by atoms with Crippen molar-refractivity contribution in [2.75, 3.05) is 12.8 Å². The van der Waals surface area contributed by atoms with E-state index in [4.69, 9.17) is 10.5 Å². The highest BCUT2D eigenvalue weighted by Crippen LogP contribution is 2.27. The van der Waals surface area contributed by atoms with Gasteiger partial charge in [-0.15, -0.1) is 0 Å². The van der Waals surface area contributed by atoms with Crippen LogP contribution in [0.5, 0.6) is 5.75 Å². The van der Waals surface area contributed by atoms with Crippen LogP contribution in [0.25, 0.3) is 0 Å². The number of benzene rings is 1. The van der Waals surface area contributed by atoms with Gasteiger partial charge in [0.05, 0.1) is 12.8 Å². The van der Waals surface area contributed by atoms with Crippen molar-refractivity contribution in [1.82, 2.24) is 0 Å². The second kappa shape index (κ2) is 3.09. The molecule has 0 fully saturated rings. The predicted molar refractivity (Wildman–Crippen MR) is 45.1 cm³/mol. The number of methoxy groups -OCH3 is 1. The van der Waals surface area contributed by atoms with Crippen molar-refractivity contribution in [3.05, 3.63) is 22.4 Å². The molecule has 0 radical (unpaired) electrons. The van der Waals surface area contributed by atoms with Crippen molar-refractivity contribution < 1.29 is 9.13 Å². The maximum atomic E-state index is 12.8. The third kappa shape index (κ3) is 1.63. The summed E-state index contributed by atoms with van der Waals surface area (Å²) in [6.45, 7) is 0. The molecule has 0 aromatic heterocycles. The smallest absolute Gasteiger partial charge is 0.150 e. The molecule has 0 saturated heterocycles. The molecule has 1 rings (SSSR count). The van der Waals surface area contributed by atoms with Crippen LogP contribution in [0.4, 0.5) is 10.1 Å². The van der Waals surface area contributed by atoms with Gasteiger partial charge in [-0.3, -0.25) is 0 Å². The molecule has 0 bridgehead atoms. The van der Waals surface area contributed by atoms with Crippen molar-refractivity contribution in [1.29, 1.82) is 0 Å². The molecule has 11 heavy (non-hydrogen) atoms. The Kier molecular flexibility index (Phi) is 2.34. The van der Waals surface area contributed by atoms with Crippen molar-refractivity contribution >= 4 is 21.6 Å². The minimum absolute atomic E-state index is 0.103. The van der Waals surface area contributed by atoms with Gasteiger partial charge < -0.3 is 10.5 Å². The standard InChI is InChI=1S/C7H7BrFNO/c1-11-4-2-5(8)7(10)6(9)3-4/h2-3H,10H2,1H3. The first kappa shape index (κ1) is 8.33. The first-order valence-electron chi connectivity index (χ1n) is 2.93. The van der Waals surface area contributed by atoms with E-state index in [0.717, 1.165) is 0 Å². The molecule has 0 saturated carbocycles. The van der Waals surface area contributed by atoms with Crippen molar-refractivity contribution in [2.24, 2.45) is 0 Å². The minimum atomic E-state index is -0.476. The lowest BCUT2D eigenvalue weighted by molar-refractivity contribution is 0.411. The van der Waals surface area contributed by atoms with Crippen LogP contribution in [-0.4, -0.2) is 7.11 Å². The molecule has 2 nitrogen and oxygen atoms in total. The molecular weight excluding hydrogens is 213 g/mol. The Morgan fingerprint density at radius 2 is 2.18 bits per heavy atom. The van der Waals surface area contributed by atoms with Crippen LogP contribution >= 0.6 is 15.9 Å². The number of hydrogen-bond acceptors (Lipinski definition) is 2. The quantitative estimate of drug-likeness (QED) is 0.736. The molecule has 0 spiro atoms. The average molecular weight is 220 g/mol. The Morgan fingerprint density at radius 1 is 1.55 bits per heavy atom. The van der Waals surface area contributed by atoms with Crippen LogP contribution in [0.3, 0.4) is 0 Å². The molecule has 0 heterocycles. The van der Waals surface area contributed by atoms with Crippen LogP contribution in [0, 0.1) is 5.82 Å². The van der Waals surface area contributed by atoms with Gasteiger partial charge in [-0.2, -0.15) is 0 Å². The zero-order valence-electron chi connectivity index (χ0n) is 5.90. The average Bonchev–Trinajstić information content (AvgIpc) is 1.99. The fourth-order valence-corrected chi connectivity index (χ4v) is 1.09. The summed E-state index contributed by atoms with van der Waals surface area (Å²) in [5.41, 5.74) is 5.43. The van der Waals surface area contributed by atoms with E-state index in [-0.39, 0.29) is 5.69 Å². The van der Waals surface area contributed by atoms with Crippen LogP contribution in [0.2, 0.25) is 0 Å². The topological polar surface area (TPSA) is 35.2 Å². The Bertz CT molecular complexity index is 254. The first-order valence-corrected chi connectivity index (χ1v) is 3.73. The maximum absolute atomic E-state index is 12.8. The number of hydrogen-bond donors (Lipinski definition) is 1. The van der Waals surface area contributed by atoms with Crippen LogP contribution in [-0.2, 0) is 0 Å². The largest absolute Gasteiger partial charge is 0.497 e. The molecule has 60 valence electrons. The lowest BCUT2D eigenvalue weighted by Gasteiger charge is -2.03. The van der Waals surface area contributed by atoms with E-state index in [0.29, 0.717) is 10.2 Å². The molecular formula is C7H7BrFNO. The zero-order valence-corrected chi connectivity index (χ0v) is 7.48. The highest BCUT2D eigenvalue weighted by molar-refractivity contribution is 9.10. The number of halogens is 2. The first-order chi connectivity index (χ1) is 5.15. The molecule has 1 aromatic rings. The number of nitrogens with two attached hydrogens (primary N) is 1. The maximum Gasteiger partial charge on any atom is 0.150 e. The Hall–Kier alpha value is -0.770. The summed E-state index contributed by atoms with van der Waals surface area (Å²) in [4.78, 5) is 0. The van der Waals surface area contributed by atoms with Gasteiger partial charge in [-0.05, 0) is 22.0 Å². The molecule has 0 amide bonds. The summed E-state index contributed by atoms with van der Waals surface area (Å²) in [5, 5.41) is 0. The van der Waals surface area contributed by atoms with E-state index in [9.17, 15) is 4.39 Å². The van der Waals surface area contributed by atoms with E-state index < -0.39 is 5.82 Å². The van der Waals surface area contributed by atoms with Gasteiger partial charge in [0.1, 0.15) is 5.75 Å². The number of anilines is 1. The molecule has 0 atom stereocenters. The van der Waals surface area contributed by atoms with Crippen LogP contribution in [0.15, 0.2) is 16.6 Å². The lowest BCUT2D eigenvalue weighted by atomic mass is 10.3. The van der Waals surface area contributed by atoms with Crippen molar-refractivity contribution in [3.63, 3.8) is 0 Å². The summed E-state index contributed by atoms with van der Waals surface area (Å²) < 4.78 is 18.1. The molecule has 0 aliphatic rings. The second-order valence-corrected chi connectivity index (χ2v) is 2.86. The van der Waals surface area contributed by atoms with Crippen molar-refractivity contribution in [2.45, 2.75) is 0 Å². The lowest BCUT2D eigenvalue weighted by Crippen LogP contribution is -1.93.